The number of hydrogen-bond acceptors (Lipinski definition) is 2. The average molecular weight is 253 g/mol. The van der Waals surface area contributed by atoms with Gasteiger partial charge in [0.1, 0.15) is 0 Å². The summed E-state index contributed by atoms with van der Waals surface area (Å²) in [6, 6.07) is 7.72. The first-order valence-electron chi connectivity index (χ1n) is 5.74. The van der Waals surface area contributed by atoms with Crippen molar-refractivity contribution in [2.24, 2.45) is 0 Å². The van der Waals surface area contributed by atoms with Gasteiger partial charge in [-0.3, -0.25) is 4.79 Å². The first kappa shape index (κ1) is 12.4. The lowest BCUT2D eigenvalue weighted by molar-refractivity contribution is -0.122. The average Bonchev–Trinajstić information content (AvgIpc) is 2.98. The second-order valence-corrected chi connectivity index (χ2v) is 5.31. The number of nitrogens with one attached hydrogen (secondary N) is 1. The molecule has 3 nitrogen and oxygen atoms in total. The van der Waals surface area contributed by atoms with Crippen molar-refractivity contribution >= 4 is 17.5 Å². The van der Waals surface area contributed by atoms with Gasteiger partial charge in [-0.05, 0) is 44.6 Å². The van der Waals surface area contributed by atoms with E-state index in [0.29, 0.717) is 6.54 Å². The molecular formula is C13H17ClN2O. The topological polar surface area (TPSA) is 32.3 Å². The Kier molecular flexibility index (Phi) is 3.40. The van der Waals surface area contributed by atoms with E-state index < -0.39 is 0 Å². The standard InChI is InChI=1S/C13H17ClN2O/c1-16(2)9-12(17)15-13(7-8-13)10-3-5-11(14)6-4-10/h3-6H,7-9H2,1-2H3,(H,15,17). The smallest absolute Gasteiger partial charge is 0.234 e. The summed E-state index contributed by atoms with van der Waals surface area (Å²) < 4.78 is 0. The van der Waals surface area contributed by atoms with Crippen molar-refractivity contribution in [2.45, 2.75) is 18.4 Å². The predicted octanol–water partition coefficient (Wildman–Crippen LogP) is 2.01. The van der Waals surface area contributed by atoms with Crippen LogP contribution in [0.25, 0.3) is 0 Å². The largest absolute Gasteiger partial charge is 0.345 e. The molecular weight excluding hydrogens is 236 g/mol. The van der Waals surface area contributed by atoms with Crippen LogP contribution in [-0.2, 0) is 10.3 Å². The normalized spacial score (nSPS) is 16.9. The molecule has 1 saturated carbocycles. The summed E-state index contributed by atoms with van der Waals surface area (Å²) in [5.41, 5.74) is 1.01. The number of halogens is 1. The van der Waals surface area contributed by atoms with Crippen LogP contribution in [0.1, 0.15) is 18.4 Å². The molecule has 1 aromatic carbocycles. The van der Waals surface area contributed by atoms with Gasteiger partial charge in [0.05, 0.1) is 12.1 Å². The third-order valence-corrected chi connectivity index (χ3v) is 3.24. The maximum Gasteiger partial charge on any atom is 0.234 e. The second-order valence-electron chi connectivity index (χ2n) is 4.87. The molecule has 1 aromatic rings. The lowest BCUT2D eigenvalue weighted by Crippen LogP contribution is -2.40. The number of amides is 1. The van der Waals surface area contributed by atoms with E-state index in [2.05, 4.69) is 5.32 Å². The van der Waals surface area contributed by atoms with Gasteiger partial charge in [-0.1, -0.05) is 23.7 Å². The number of hydrogen-bond donors (Lipinski definition) is 1. The van der Waals surface area contributed by atoms with Crippen molar-refractivity contribution in [3.8, 4) is 0 Å². The molecule has 0 heterocycles. The van der Waals surface area contributed by atoms with E-state index >= 15 is 0 Å². The molecule has 1 N–H and O–H groups in total. The molecule has 0 bridgehead atoms. The van der Waals surface area contributed by atoms with E-state index in [0.717, 1.165) is 23.4 Å². The van der Waals surface area contributed by atoms with Crippen molar-refractivity contribution in [1.29, 1.82) is 0 Å². The van der Waals surface area contributed by atoms with Gasteiger partial charge in [0.25, 0.3) is 0 Å². The van der Waals surface area contributed by atoms with Gasteiger partial charge in [-0.25, -0.2) is 0 Å². The zero-order chi connectivity index (χ0) is 12.5. The fourth-order valence-corrected chi connectivity index (χ4v) is 2.10. The highest BCUT2D eigenvalue weighted by atomic mass is 35.5. The van der Waals surface area contributed by atoms with E-state index in [-0.39, 0.29) is 11.4 Å². The molecule has 17 heavy (non-hydrogen) atoms. The molecule has 0 spiro atoms. The van der Waals surface area contributed by atoms with Gasteiger partial charge >= 0.3 is 0 Å². The molecule has 92 valence electrons. The summed E-state index contributed by atoms with van der Waals surface area (Å²) >= 11 is 5.86. The van der Waals surface area contributed by atoms with E-state index in [9.17, 15) is 4.79 Å². The van der Waals surface area contributed by atoms with Crippen LogP contribution in [-0.4, -0.2) is 31.4 Å². The highest BCUT2D eigenvalue weighted by Crippen LogP contribution is 2.45. The van der Waals surface area contributed by atoms with Crippen LogP contribution in [0.15, 0.2) is 24.3 Å². The second kappa shape index (κ2) is 4.67. The first-order chi connectivity index (χ1) is 8.02. The summed E-state index contributed by atoms with van der Waals surface area (Å²) in [4.78, 5) is 13.6. The Labute approximate surface area is 107 Å². The molecule has 4 heteroatoms. The van der Waals surface area contributed by atoms with Gasteiger partial charge in [0, 0.05) is 5.02 Å². The van der Waals surface area contributed by atoms with Gasteiger partial charge in [-0.2, -0.15) is 0 Å². The van der Waals surface area contributed by atoms with E-state index in [4.69, 9.17) is 11.6 Å². The number of benzene rings is 1. The van der Waals surface area contributed by atoms with Crippen LogP contribution in [0.5, 0.6) is 0 Å². The SMILES string of the molecule is CN(C)CC(=O)NC1(c2ccc(Cl)cc2)CC1. The summed E-state index contributed by atoms with van der Waals surface area (Å²) in [5.74, 6) is 0.0717. The molecule has 1 aliphatic rings. The van der Waals surface area contributed by atoms with Gasteiger partial charge in [0.2, 0.25) is 5.91 Å². The third kappa shape index (κ3) is 2.99. The Morgan fingerprint density at radius 2 is 1.94 bits per heavy atom. The number of nitrogens with zero attached hydrogens (tertiary/aromatic N) is 1. The maximum atomic E-state index is 11.8. The van der Waals surface area contributed by atoms with Crippen molar-refractivity contribution in [1.82, 2.24) is 10.2 Å². The Morgan fingerprint density at radius 3 is 2.41 bits per heavy atom. The molecule has 1 fully saturated rings. The molecule has 0 aromatic heterocycles. The van der Waals surface area contributed by atoms with Crippen LogP contribution >= 0.6 is 11.6 Å². The van der Waals surface area contributed by atoms with Crippen LogP contribution in [0.2, 0.25) is 5.02 Å². The molecule has 2 rings (SSSR count). The number of likely N-dealkylation sites (N-methyl/N-ethyl adjacent to an activating group) is 1. The van der Waals surface area contributed by atoms with Crippen molar-refractivity contribution in [2.75, 3.05) is 20.6 Å². The number of carbonyl (C=O) groups is 1. The van der Waals surface area contributed by atoms with Crippen molar-refractivity contribution in [3.63, 3.8) is 0 Å². The zero-order valence-electron chi connectivity index (χ0n) is 10.2. The molecule has 0 atom stereocenters. The minimum Gasteiger partial charge on any atom is -0.345 e. The maximum absolute atomic E-state index is 11.8. The molecule has 1 amide bonds. The van der Waals surface area contributed by atoms with E-state index in [1.165, 1.54) is 0 Å². The summed E-state index contributed by atoms with van der Waals surface area (Å²) in [6.07, 6.45) is 2.02. The Bertz CT molecular complexity index is 410. The monoisotopic (exact) mass is 252 g/mol. The van der Waals surface area contributed by atoms with E-state index in [1.54, 1.807) is 0 Å². The number of carbonyl (C=O) groups excluding carboxylic acids is 1. The van der Waals surface area contributed by atoms with Crippen LogP contribution < -0.4 is 5.32 Å². The Morgan fingerprint density at radius 1 is 1.35 bits per heavy atom. The highest BCUT2D eigenvalue weighted by Gasteiger charge is 2.45. The van der Waals surface area contributed by atoms with Gasteiger partial charge < -0.3 is 10.2 Å². The molecule has 0 radical (unpaired) electrons. The zero-order valence-corrected chi connectivity index (χ0v) is 10.9. The molecule has 0 aliphatic heterocycles. The van der Waals surface area contributed by atoms with Crippen LogP contribution in [0, 0.1) is 0 Å². The minimum absolute atomic E-state index is 0.0717. The predicted molar refractivity (Wildman–Crippen MR) is 69.1 cm³/mol. The highest BCUT2D eigenvalue weighted by molar-refractivity contribution is 6.30. The Hall–Kier alpha value is -1.06. The summed E-state index contributed by atoms with van der Waals surface area (Å²) in [6.45, 7) is 0.426. The first-order valence-corrected chi connectivity index (χ1v) is 6.11. The van der Waals surface area contributed by atoms with Crippen molar-refractivity contribution in [3.05, 3.63) is 34.9 Å². The quantitative estimate of drug-likeness (QED) is 0.889. The third-order valence-electron chi connectivity index (χ3n) is 2.99. The molecule has 1 aliphatic carbocycles. The molecule has 0 unspecified atom stereocenters. The summed E-state index contributed by atoms with van der Waals surface area (Å²) in [5, 5.41) is 3.84. The Balaban J connectivity index is 2.05. The van der Waals surface area contributed by atoms with E-state index in [1.807, 2.05) is 43.3 Å². The van der Waals surface area contributed by atoms with Gasteiger partial charge in [0.15, 0.2) is 0 Å². The van der Waals surface area contributed by atoms with Gasteiger partial charge in [-0.15, -0.1) is 0 Å². The number of rotatable bonds is 4. The fourth-order valence-electron chi connectivity index (χ4n) is 1.97. The van der Waals surface area contributed by atoms with Crippen LogP contribution in [0.4, 0.5) is 0 Å². The van der Waals surface area contributed by atoms with Crippen molar-refractivity contribution < 1.29 is 4.79 Å². The lowest BCUT2D eigenvalue weighted by atomic mass is 10.1. The summed E-state index contributed by atoms with van der Waals surface area (Å²) in [7, 11) is 3.78. The minimum atomic E-state index is -0.141. The molecule has 0 saturated heterocycles. The van der Waals surface area contributed by atoms with Crippen LogP contribution in [0.3, 0.4) is 0 Å². The fraction of sp³-hybridized carbons (Fsp3) is 0.462. The lowest BCUT2D eigenvalue weighted by Gasteiger charge is -2.19.